The van der Waals surface area contributed by atoms with Crippen LogP contribution in [0.3, 0.4) is 0 Å². The largest absolute Gasteiger partial charge is 0.465 e. The zero-order valence-electron chi connectivity index (χ0n) is 23.9. The monoisotopic (exact) mass is 587 g/mol. The van der Waals surface area contributed by atoms with Gasteiger partial charge in [0, 0.05) is 18.8 Å². The van der Waals surface area contributed by atoms with Gasteiger partial charge in [0.05, 0.1) is 28.2 Å². The van der Waals surface area contributed by atoms with Crippen LogP contribution >= 0.6 is 11.3 Å². The number of rotatable bonds is 5. The van der Waals surface area contributed by atoms with Crippen molar-refractivity contribution in [2.75, 3.05) is 6.54 Å². The van der Waals surface area contributed by atoms with Crippen LogP contribution in [-0.2, 0) is 14.4 Å². The van der Waals surface area contributed by atoms with Crippen LogP contribution in [-0.4, -0.2) is 46.2 Å². The van der Waals surface area contributed by atoms with Crippen molar-refractivity contribution < 1.29 is 24.0 Å². The summed E-state index contributed by atoms with van der Waals surface area (Å²) in [7, 11) is 0. The van der Waals surface area contributed by atoms with Gasteiger partial charge >= 0.3 is 0 Å². The van der Waals surface area contributed by atoms with Crippen LogP contribution in [0, 0.1) is 17.3 Å². The minimum atomic E-state index is -0.894. The molecular formula is C33H37N3O5S. The van der Waals surface area contributed by atoms with Crippen LogP contribution < -0.4 is 15.1 Å². The van der Waals surface area contributed by atoms with Crippen LogP contribution in [0.25, 0.3) is 10.2 Å². The molecule has 2 aliphatic heterocycles. The average molecular weight is 588 g/mol. The molecule has 1 saturated heterocycles. The van der Waals surface area contributed by atoms with Crippen molar-refractivity contribution in [2.45, 2.75) is 70.4 Å². The van der Waals surface area contributed by atoms with Crippen molar-refractivity contribution >= 4 is 39.2 Å². The zero-order valence-corrected chi connectivity index (χ0v) is 24.7. The van der Waals surface area contributed by atoms with Gasteiger partial charge in [-0.3, -0.25) is 14.4 Å². The topological polar surface area (TPSA) is 97.8 Å². The number of amides is 2. The fourth-order valence-corrected chi connectivity index (χ4v) is 7.17. The van der Waals surface area contributed by atoms with Gasteiger partial charge in [0.1, 0.15) is 6.10 Å². The number of allylic oxidation sites excluding steroid dienone is 2. The Morgan fingerprint density at radius 1 is 1.07 bits per heavy atom. The first-order valence-corrected chi connectivity index (χ1v) is 15.8. The third-order valence-electron chi connectivity index (χ3n) is 8.84. The fourth-order valence-electron chi connectivity index (χ4n) is 6.29. The first-order valence-electron chi connectivity index (χ1n) is 15.0. The number of carbonyl (C=O) groups is 3. The highest BCUT2D eigenvalue weighted by Crippen LogP contribution is 2.57. The number of ketones is 1. The van der Waals surface area contributed by atoms with Gasteiger partial charge in [-0.2, -0.15) is 5.48 Å². The number of fused-ring (bicyclic) bond motifs is 3. The second-order valence-electron chi connectivity index (χ2n) is 11.9. The Morgan fingerprint density at radius 2 is 1.88 bits per heavy atom. The summed E-state index contributed by atoms with van der Waals surface area (Å²) in [4.78, 5) is 53.2. The van der Waals surface area contributed by atoms with E-state index in [0.29, 0.717) is 30.3 Å². The van der Waals surface area contributed by atoms with Gasteiger partial charge in [0.15, 0.2) is 11.5 Å². The molecule has 3 aliphatic rings. The standard InChI is InChI=1S/C33H37N3O5S/c1-22-12-6-3-2-4-7-13-23-19-33(23,31(39)35-41-24-14-8-5-9-15-24)20-28(37)27-18-25(21-36(27)30(22)38)40-32-34-26-16-10-11-17-29(26)42-32/h5,7-11,13-17,22-23,25,27H,2-4,6,12,18-21H2,1H3,(H,35,39)/b13-7-/t22-,23-,25+,27-,33+/m0/s1. The maximum Gasteiger partial charge on any atom is 0.274 e. The Hall–Kier alpha value is -3.72. The number of para-hydroxylation sites is 2. The highest BCUT2D eigenvalue weighted by atomic mass is 32.1. The van der Waals surface area contributed by atoms with Crippen LogP contribution in [0.1, 0.15) is 58.3 Å². The van der Waals surface area contributed by atoms with E-state index >= 15 is 0 Å². The molecule has 3 heterocycles. The Labute approximate surface area is 250 Å². The van der Waals surface area contributed by atoms with Crippen LogP contribution in [0.2, 0.25) is 0 Å². The number of aromatic nitrogens is 1. The summed E-state index contributed by atoms with van der Waals surface area (Å²) in [5, 5.41) is 0.540. The minimum Gasteiger partial charge on any atom is -0.465 e. The first kappa shape index (κ1) is 28.4. The third kappa shape index (κ3) is 6.07. The molecule has 2 fully saturated rings. The van der Waals surface area contributed by atoms with Crippen LogP contribution in [0.5, 0.6) is 10.9 Å². The number of hydrogen-bond acceptors (Lipinski definition) is 7. The minimum absolute atomic E-state index is 0.0185. The lowest BCUT2D eigenvalue weighted by atomic mass is 9.91. The molecule has 2 amide bonds. The Bertz CT molecular complexity index is 1440. The number of nitrogens with one attached hydrogen (secondary N) is 1. The van der Waals surface area contributed by atoms with Crippen molar-refractivity contribution in [2.24, 2.45) is 17.3 Å². The number of thiazole rings is 1. The molecule has 1 saturated carbocycles. The Kier molecular flexibility index (Phi) is 8.29. The fraction of sp³-hybridized carbons (Fsp3) is 0.455. The summed E-state index contributed by atoms with van der Waals surface area (Å²) in [6.45, 7) is 2.28. The average Bonchev–Trinajstić information content (AvgIpc) is 3.31. The Balaban J connectivity index is 1.22. The van der Waals surface area contributed by atoms with Crippen molar-refractivity contribution in [3.05, 3.63) is 66.7 Å². The van der Waals surface area contributed by atoms with Gasteiger partial charge in [-0.15, -0.1) is 0 Å². The van der Waals surface area contributed by atoms with E-state index in [1.54, 1.807) is 17.0 Å². The number of hydrogen-bond donors (Lipinski definition) is 1. The van der Waals surface area contributed by atoms with Gasteiger partial charge in [0.2, 0.25) is 5.91 Å². The van der Waals surface area contributed by atoms with Gasteiger partial charge in [-0.1, -0.05) is 73.6 Å². The second-order valence-corrected chi connectivity index (χ2v) is 12.8. The van der Waals surface area contributed by atoms with Crippen molar-refractivity contribution in [3.8, 4) is 10.9 Å². The quantitative estimate of drug-likeness (QED) is 0.296. The molecule has 0 radical (unpaired) electrons. The molecule has 1 N–H and O–H groups in total. The molecule has 2 aromatic carbocycles. The molecule has 6 rings (SSSR count). The SMILES string of the molecule is C[C@H]1CCCCC/C=C\[C@H]2C[C@@]2(C(=O)NOc2ccccc2)CC(=O)[C@@H]2C[C@@H](Oc3nc4ccccc4s3)CN2C1=O. The van der Waals surface area contributed by atoms with Crippen molar-refractivity contribution in [1.29, 1.82) is 0 Å². The molecule has 1 aromatic heterocycles. The summed E-state index contributed by atoms with van der Waals surface area (Å²) < 4.78 is 7.31. The number of Topliss-reactive ketones (excluding diaryl/α,β-unsaturated/α-hetero) is 1. The van der Waals surface area contributed by atoms with Gasteiger partial charge in [-0.25, -0.2) is 4.98 Å². The normalized spacial score (nSPS) is 29.1. The number of benzene rings is 2. The molecule has 1 aliphatic carbocycles. The lowest BCUT2D eigenvalue weighted by molar-refractivity contribution is -0.142. The molecular weight excluding hydrogens is 550 g/mol. The molecule has 0 unspecified atom stereocenters. The van der Waals surface area contributed by atoms with E-state index in [4.69, 9.17) is 9.57 Å². The lowest BCUT2D eigenvalue weighted by Crippen LogP contribution is -2.45. The van der Waals surface area contributed by atoms with E-state index in [-0.39, 0.29) is 42.0 Å². The highest BCUT2D eigenvalue weighted by Gasteiger charge is 2.61. The van der Waals surface area contributed by atoms with E-state index in [2.05, 4.69) is 22.6 Å². The molecule has 9 heteroatoms. The Morgan fingerprint density at radius 3 is 2.71 bits per heavy atom. The molecule has 0 bridgehead atoms. The third-order valence-corrected chi connectivity index (χ3v) is 9.76. The first-order chi connectivity index (χ1) is 20.4. The molecule has 42 heavy (non-hydrogen) atoms. The second kappa shape index (κ2) is 12.3. The van der Waals surface area contributed by atoms with E-state index in [9.17, 15) is 14.4 Å². The molecule has 220 valence electrons. The smallest absolute Gasteiger partial charge is 0.274 e. The zero-order chi connectivity index (χ0) is 29.1. The van der Waals surface area contributed by atoms with Crippen LogP contribution in [0.4, 0.5) is 0 Å². The van der Waals surface area contributed by atoms with E-state index < -0.39 is 11.5 Å². The summed E-state index contributed by atoms with van der Waals surface area (Å²) in [6.07, 6.45) is 9.62. The summed E-state index contributed by atoms with van der Waals surface area (Å²) in [6, 6.07) is 16.3. The summed E-state index contributed by atoms with van der Waals surface area (Å²) >= 11 is 1.46. The summed E-state index contributed by atoms with van der Waals surface area (Å²) in [5.41, 5.74) is 2.58. The molecule has 5 atom stereocenters. The van der Waals surface area contributed by atoms with E-state index in [1.807, 2.05) is 49.4 Å². The number of ether oxygens (including phenoxy) is 1. The van der Waals surface area contributed by atoms with E-state index in [1.165, 1.54) is 11.3 Å². The number of hydroxylamine groups is 1. The predicted molar refractivity (Wildman–Crippen MR) is 161 cm³/mol. The van der Waals surface area contributed by atoms with Gasteiger partial charge < -0.3 is 14.5 Å². The number of carbonyl (C=O) groups excluding carboxylic acids is 3. The van der Waals surface area contributed by atoms with Crippen molar-refractivity contribution in [3.63, 3.8) is 0 Å². The predicted octanol–water partition coefficient (Wildman–Crippen LogP) is 5.88. The highest BCUT2D eigenvalue weighted by molar-refractivity contribution is 7.20. The van der Waals surface area contributed by atoms with Gasteiger partial charge in [0.25, 0.3) is 11.1 Å². The molecule has 3 aromatic rings. The van der Waals surface area contributed by atoms with Crippen molar-refractivity contribution in [1.82, 2.24) is 15.4 Å². The number of nitrogens with zero attached hydrogens (tertiary/aromatic N) is 2. The van der Waals surface area contributed by atoms with Gasteiger partial charge in [-0.05, 0) is 55.9 Å². The lowest BCUT2D eigenvalue weighted by Gasteiger charge is -2.27. The summed E-state index contributed by atoms with van der Waals surface area (Å²) in [5.74, 6) is -0.140. The maximum absolute atomic E-state index is 14.0. The van der Waals surface area contributed by atoms with E-state index in [0.717, 1.165) is 42.3 Å². The molecule has 8 nitrogen and oxygen atoms in total. The van der Waals surface area contributed by atoms with Crippen LogP contribution in [0.15, 0.2) is 66.7 Å². The maximum atomic E-state index is 14.0. The molecule has 0 spiro atoms.